The molecule has 0 unspecified atom stereocenters. The number of carbonyl (C=O) groups is 1. The number of halogens is 2. The van der Waals surface area contributed by atoms with Crippen LogP contribution in [0.25, 0.3) is 22.2 Å². The molecule has 0 saturated heterocycles. The zero-order chi connectivity index (χ0) is 18.8. The first-order valence-corrected chi connectivity index (χ1v) is 8.76. The lowest BCUT2D eigenvalue weighted by atomic mass is 10.0. The second-order valence-corrected chi connectivity index (χ2v) is 6.49. The molecular formula is C21H15ClFN3O. The highest BCUT2D eigenvalue weighted by molar-refractivity contribution is 6.31. The summed E-state index contributed by atoms with van der Waals surface area (Å²) in [4.78, 5) is 12.5. The molecule has 0 spiro atoms. The molecule has 6 heteroatoms. The summed E-state index contributed by atoms with van der Waals surface area (Å²) in [5, 5.41) is 11.3. The Morgan fingerprint density at radius 2 is 1.89 bits per heavy atom. The molecule has 0 aliphatic rings. The molecule has 0 fully saturated rings. The second-order valence-electron chi connectivity index (χ2n) is 6.08. The summed E-state index contributed by atoms with van der Waals surface area (Å²) in [5.41, 5.74) is 3.26. The van der Waals surface area contributed by atoms with Crippen molar-refractivity contribution in [2.45, 2.75) is 6.54 Å². The zero-order valence-electron chi connectivity index (χ0n) is 14.2. The summed E-state index contributed by atoms with van der Waals surface area (Å²) in [5.74, 6) is -0.754. The molecule has 27 heavy (non-hydrogen) atoms. The molecule has 0 aliphatic carbocycles. The molecule has 1 aromatic heterocycles. The second kappa shape index (κ2) is 7.21. The van der Waals surface area contributed by atoms with Gasteiger partial charge >= 0.3 is 0 Å². The van der Waals surface area contributed by atoms with Crippen molar-refractivity contribution < 1.29 is 9.18 Å². The lowest BCUT2D eigenvalue weighted by Gasteiger charge is -2.09. The van der Waals surface area contributed by atoms with Crippen LogP contribution in [0.15, 0.2) is 66.7 Å². The summed E-state index contributed by atoms with van der Waals surface area (Å²) >= 11 is 6.00. The van der Waals surface area contributed by atoms with Gasteiger partial charge in [0.1, 0.15) is 5.82 Å². The fourth-order valence-corrected chi connectivity index (χ4v) is 3.19. The lowest BCUT2D eigenvalue weighted by Crippen LogP contribution is -2.23. The van der Waals surface area contributed by atoms with Gasteiger partial charge in [-0.3, -0.25) is 9.89 Å². The van der Waals surface area contributed by atoms with E-state index in [1.807, 2.05) is 30.3 Å². The number of H-pyrrole nitrogens is 1. The third-order valence-electron chi connectivity index (χ3n) is 4.36. The Morgan fingerprint density at radius 1 is 1.07 bits per heavy atom. The van der Waals surface area contributed by atoms with Gasteiger partial charge in [-0.2, -0.15) is 5.10 Å². The topological polar surface area (TPSA) is 57.8 Å². The molecule has 1 amide bonds. The van der Waals surface area contributed by atoms with E-state index in [9.17, 15) is 9.18 Å². The van der Waals surface area contributed by atoms with Crippen molar-refractivity contribution in [3.8, 4) is 11.3 Å². The molecule has 0 saturated carbocycles. The van der Waals surface area contributed by atoms with Crippen molar-refractivity contribution in [3.05, 3.63) is 88.7 Å². The van der Waals surface area contributed by atoms with Gasteiger partial charge in [-0.25, -0.2) is 4.39 Å². The third kappa shape index (κ3) is 3.41. The number of nitrogens with zero attached hydrogens (tertiary/aromatic N) is 1. The summed E-state index contributed by atoms with van der Waals surface area (Å²) in [6.45, 7) is 0.0138. The maximum absolute atomic E-state index is 13.9. The van der Waals surface area contributed by atoms with Crippen LogP contribution < -0.4 is 5.32 Å². The Labute approximate surface area is 160 Å². The fraction of sp³-hybridized carbons (Fsp3) is 0.0476. The van der Waals surface area contributed by atoms with Crippen LogP contribution in [0.4, 0.5) is 4.39 Å². The summed E-state index contributed by atoms with van der Waals surface area (Å²) in [7, 11) is 0. The number of para-hydroxylation sites is 1. The van der Waals surface area contributed by atoms with Gasteiger partial charge in [0.25, 0.3) is 5.91 Å². The van der Waals surface area contributed by atoms with Crippen molar-refractivity contribution in [3.63, 3.8) is 0 Å². The number of aromatic nitrogens is 2. The van der Waals surface area contributed by atoms with Gasteiger partial charge in [-0.1, -0.05) is 48.0 Å². The van der Waals surface area contributed by atoms with Crippen LogP contribution in [0.3, 0.4) is 0 Å². The van der Waals surface area contributed by atoms with Gasteiger partial charge in [0.05, 0.1) is 11.2 Å². The van der Waals surface area contributed by atoms with Gasteiger partial charge in [-0.15, -0.1) is 0 Å². The number of hydrogen-bond acceptors (Lipinski definition) is 2. The maximum atomic E-state index is 13.9. The van der Waals surface area contributed by atoms with Gasteiger partial charge in [0.2, 0.25) is 0 Å². The van der Waals surface area contributed by atoms with Gasteiger partial charge in [-0.05, 0) is 30.3 Å². The van der Waals surface area contributed by atoms with E-state index < -0.39 is 5.82 Å². The molecule has 2 N–H and O–H groups in total. The van der Waals surface area contributed by atoms with E-state index in [1.165, 1.54) is 12.1 Å². The highest BCUT2D eigenvalue weighted by atomic mass is 35.5. The number of amides is 1. The van der Waals surface area contributed by atoms with E-state index in [-0.39, 0.29) is 23.0 Å². The van der Waals surface area contributed by atoms with Crippen molar-refractivity contribution in [1.82, 2.24) is 15.5 Å². The van der Waals surface area contributed by atoms with E-state index in [1.54, 1.807) is 24.3 Å². The molecule has 0 radical (unpaired) electrons. The third-order valence-corrected chi connectivity index (χ3v) is 4.71. The Morgan fingerprint density at radius 3 is 2.74 bits per heavy atom. The van der Waals surface area contributed by atoms with E-state index >= 15 is 0 Å². The number of aromatic amines is 1. The summed E-state index contributed by atoms with van der Waals surface area (Å²) in [6.07, 6.45) is 0. The Bertz CT molecular complexity index is 1120. The molecular weight excluding hydrogens is 365 g/mol. The first kappa shape index (κ1) is 17.2. The lowest BCUT2D eigenvalue weighted by molar-refractivity contribution is 0.0950. The van der Waals surface area contributed by atoms with Crippen LogP contribution in [0, 0.1) is 5.82 Å². The van der Waals surface area contributed by atoms with Crippen LogP contribution in [-0.2, 0) is 6.54 Å². The predicted octanol–water partition coefficient (Wildman–Crippen LogP) is 4.95. The van der Waals surface area contributed by atoms with Crippen molar-refractivity contribution in [1.29, 1.82) is 0 Å². The smallest absolute Gasteiger partial charge is 0.251 e. The number of hydrogen-bond donors (Lipinski definition) is 2. The standard InChI is InChI=1S/C21H15ClFN3O/c22-17-8-4-9-18(23)16(17)12-24-21(27)14-6-3-5-13(11-14)20-15-7-1-2-10-19(15)25-26-20/h1-11H,12H2,(H,24,27)(H,25,26). The molecule has 4 rings (SSSR count). The zero-order valence-corrected chi connectivity index (χ0v) is 14.9. The highest BCUT2D eigenvalue weighted by Gasteiger charge is 2.13. The summed E-state index contributed by atoms with van der Waals surface area (Å²) < 4.78 is 13.9. The van der Waals surface area contributed by atoms with Crippen LogP contribution in [0.5, 0.6) is 0 Å². The number of nitrogens with one attached hydrogen (secondary N) is 2. The van der Waals surface area contributed by atoms with Crippen LogP contribution in [-0.4, -0.2) is 16.1 Å². The van der Waals surface area contributed by atoms with E-state index in [2.05, 4.69) is 15.5 Å². The number of carbonyl (C=O) groups excluding carboxylic acids is 1. The van der Waals surface area contributed by atoms with E-state index in [4.69, 9.17) is 11.6 Å². The first-order chi connectivity index (χ1) is 13.1. The predicted molar refractivity (Wildman–Crippen MR) is 104 cm³/mol. The highest BCUT2D eigenvalue weighted by Crippen LogP contribution is 2.26. The molecule has 134 valence electrons. The van der Waals surface area contributed by atoms with Crippen LogP contribution >= 0.6 is 11.6 Å². The number of fused-ring (bicyclic) bond motifs is 1. The average Bonchev–Trinajstić information content (AvgIpc) is 3.12. The number of benzene rings is 3. The molecule has 4 aromatic rings. The Kier molecular flexibility index (Phi) is 4.60. The SMILES string of the molecule is O=C(NCc1c(F)cccc1Cl)c1cccc(-c2n[nH]c3ccccc23)c1. The molecule has 1 heterocycles. The van der Waals surface area contributed by atoms with Crippen molar-refractivity contribution in [2.75, 3.05) is 0 Å². The van der Waals surface area contributed by atoms with Gasteiger partial charge < -0.3 is 5.32 Å². The Hall–Kier alpha value is -3.18. The largest absolute Gasteiger partial charge is 0.348 e. The van der Waals surface area contributed by atoms with Gasteiger partial charge in [0.15, 0.2) is 0 Å². The van der Waals surface area contributed by atoms with Crippen LogP contribution in [0.2, 0.25) is 5.02 Å². The molecule has 0 bridgehead atoms. The normalized spacial score (nSPS) is 10.9. The molecule has 0 aliphatic heterocycles. The Balaban J connectivity index is 1.58. The fourth-order valence-electron chi connectivity index (χ4n) is 2.96. The molecule has 0 atom stereocenters. The average molecular weight is 380 g/mol. The van der Waals surface area contributed by atoms with Crippen molar-refractivity contribution in [2.24, 2.45) is 0 Å². The minimum absolute atomic E-state index is 0.0138. The first-order valence-electron chi connectivity index (χ1n) is 8.38. The minimum atomic E-state index is -0.445. The minimum Gasteiger partial charge on any atom is -0.348 e. The molecule has 4 nitrogen and oxygen atoms in total. The maximum Gasteiger partial charge on any atom is 0.251 e. The monoisotopic (exact) mass is 379 g/mol. The van der Waals surface area contributed by atoms with Crippen molar-refractivity contribution >= 4 is 28.4 Å². The summed E-state index contributed by atoms with van der Waals surface area (Å²) in [6, 6.07) is 19.4. The quantitative estimate of drug-likeness (QED) is 0.527. The van der Waals surface area contributed by atoms with Gasteiger partial charge in [0, 0.05) is 33.6 Å². The number of rotatable bonds is 4. The molecule has 3 aromatic carbocycles. The van der Waals surface area contributed by atoms with E-state index in [0.29, 0.717) is 5.56 Å². The van der Waals surface area contributed by atoms with Crippen LogP contribution in [0.1, 0.15) is 15.9 Å². The van der Waals surface area contributed by atoms with E-state index in [0.717, 1.165) is 22.2 Å².